The largest absolute Gasteiger partial charge is 0.478 e. The van der Waals surface area contributed by atoms with E-state index in [2.05, 4.69) is 0 Å². The molecular weight excluding hydrogens is 343 g/mol. The highest BCUT2D eigenvalue weighted by atomic mass is 35.6. The van der Waals surface area contributed by atoms with Crippen molar-refractivity contribution in [3.8, 4) is 0 Å². The van der Waals surface area contributed by atoms with E-state index in [1.165, 1.54) is 12.1 Å². The van der Waals surface area contributed by atoms with Gasteiger partial charge in [0.15, 0.2) is 0 Å². The molecule has 0 unspecified atom stereocenters. The highest BCUT2D eigenvalue weighted by Gasteiger charge is 2.32. The van der Waals surface area contributed by atoms with Gasteiger partial charge in [0.05, 0.1) is 21.3 Å². The highest BCUT2D eigenvalue weighted by Crippen LogP contribution is 2.43. The highest BCUT2D eigenvalue weighted by molar-refractivity contribution is 7.85. The molecule has 3 nitrogen and oxygen atoms in total. The molecule has 0 saturated heterocycles. The predicted octanol–water partition coefficient (Wildman–Crippen LogP) is 4.43. The Labute approximate surface area is 135 Å². The van der Waals surface area contributed by atoms with Crippen LogP contribution in [-0.2, 0) is 14.6 Å². The second kappa shape index (κ2) is 6.65. The van der Waals surface area contributed by atoms with E-state index < -0.39 is 20.6 Å². The summed E-state index contributed by atoms with van der Waals surface area (Å²) in [4.78, 5) is 11.5. The Bertz CT molecular complexity index is 553. The average Bonchev–Trinajstić information content (AvgIpc) is 2.34. The Morgan fingerprint density at radius 1 is 1.40 bits per heavy atom. The van der Waals surface area contributed by atoms with Gasteiger partial charge in [0, 0.05) is 10.8 Å². The number of aromatic carboxylic acids is 1. The van der Waals surface area contributed by atoms with Crippen molar-refractivity contribution >= 4 is 51.6 Å². The third kappa shape index (κ3) is 3.67. The number of hydrogen-bond donors (Lipinski definition) is 1. The lowest BCUT2D eigenvalue weighted by Gasteiger charge is -2.21. The van der Waals surface area contributed by atoms with Crippen LogP contribution in [0.1, 0.15) is 41.8 Å². The monoisotopic (exact) mass is 356 g/mol. The van der Waals surface area contributed by atoms with E-state index in [0.29, 0.717) is 16.9 Å². The molecule has 0 bridgehead atoms. The van der Waals surface area contributed by atoms with Crippen molar-refractivity contribution in [2.24, 2.45) is 0 Å². The molecule has 1 rings (SSSR count). The zero-order valence-electron chi connectivity index (χ0n) is 11.2. The Hall–Kier alpha value is -0.290. The molecule has 0 aromatic heterocycles. The van der Waals surface area contributed by atoms with Gasteiger partial charge in [0.2, 0.25) is 3.79 Å². The van der Waals surface area contributed by atoms with Crippen molar-refractivity contribution in [3.63, 3.8) is 0 Å². The topological polar surface area (TPSA) is 54.4 Å². The van der Waals surface area contributed by atoms with Crippen LogP contribution in [0.4, 0.5) is 0 Å². The maximum atomic E-state index is 12.6. The first-order valence-electron chi connectivity index (χ1n) is 5.95. The molecule has 0 aliphatic rings. The summed E-state index contributed by atoms with van der Waals surface area (Å²) in [5.41, 5.74) is 0.707. The summed E-state index contributed by atoms with van der Waals surface area (Å²) in [6.07, 6.45) is 0.669. The van der Waals surface area contributed by atoms with E-state index in [4.69, 9.17) is 39.9 Å². The lowest BCUT2D eigenvalue weighted by molar-refractivity contribution is 0.0695. The SMILES string of the molecule is CC[C@@H](C)[S@](=O)c1c(C(Cl)(Cl)Cl)ccc(C(=O)O)c1C. The van der Waals surface area contributed by atoms with Crippen molar-refractivity contribution in [2.75, 3.05) is 0 Å². The second-order valence-corrected chi connectivity index (χ2v) is 8.52. The van der Waals surface area contributed by atoms with Crippen LogP contribution < -0.4 is 0 Å². The maximum Gasteiger partial charge on any atom is 0.335 e. The minimum Gasteiger partial charge on any atom is -0.478 e. The van der Waals surface area contributed by atoms with Gasteiger partial charge >= 0.3 is 5.97 Å². The summed E-state index contributed by atoms with van der Waals surface area (Å²) in [6.45, 7) is 5.29. The summed E-state index contributed by atoms with van der Waals surface area (Å²) in [7, 11) is -1.44. The van der Waals surface area contributed by atoms with Gasteiger partial charge in [0.1, 0.15) is 0 Å². The Morgan fingerprint density at radius 2 is 1.95 bits per heavy atom. The zero-order chi connectivity index (χ0) is 15.7. The van der Waals surface area contributed by atoms with Crippen LogP contribution in [0.3, 0.4) is 0 Å². The fourth-order valence-electron chi connectivity index (χ4n) is 1.76. The number of hydrogen-bond acceptors (Lipinski definition) is 2. The molecule has 0 aliphatic carbocycles. The van der Waals surface area contributed by atoms with Gasteiger partial charge in [-0.25, -0.2) is 4.79 Å². The zero-order valence-corrected chi connectivity index (χ0v) is 14.3. The van der Waals surface area contributed by atoms with Gasteiger partial charge in [-0.1, -0.05) is 54.7 Å². The van der Waals surface area contributed by atoms with Crippen LogP contribution in [0.25, 0.3) is 0 Å². The van der Waals surface area contributed by atoms with E-state index in [1.807, 2.05) is 13.8 Å². The molecule has 0 saturated carbocycles. The molecule has 2 atom stereocenters. The van der Waals surface area contributed by atoms with Gasteiger partial charge < -0.3 is 5.11 Å². The number of halogens is 3. The van der Waals surface area contributed by atoms with E-state index in [9.17, 15) is 9.00 Å². The lowest BCUT2D eigenvalue weighted by Crippen LogP contribution is -2.18. The summed E-state index contributed by atoms with van der Waals surface area (Å²) < 4.78 is 10.8. The van der Waals surface area contributed by atoms with Crippen LogP contribution in [0, 0.1) is 6.92 Å². The van der Waals surface area contributed by atoms with Crippen LogP contribution in [0.2, 0.25) is 0 Å². The Balaban J connectivity index is 3.62. The smallest absolute Gasteiger partial charge is 0.335 e. The summed E-state index contributed by atoms with van der Waals surface area (Å²) >= 11 is 17.7. The number of rotatable bonds is 4. The van der Waals surface area contributed by atoms with Crippen molar-refractivity contribution in [3.05, 3.63) is 28.8 Å². The lowest BCUT2D eigenvalue weighted by atomic mass is 10.1. The molecule has 0 aliphatic heterocycles. The summed E-state index contributed by atoms with van der Waals surface area (Å²) in [5, 5.41) is 9.00. The van der Waals surface area contributed by atoms with E-state index in [1.54, 1.807) is 6.92 Å². The van der Waals surface area contributed by atoms with Gasteiger partial charge in [0.25, 0.3) is 0 Å². The maximum absolute atomic E-state index is 12.6. The first-order valence-corrected chi connectivity index (χ1v) is 8.30. The number of carbonyl (C=O) groups is 1. The molecule has 20 heavy (non-hydrogen) atoms. The quantitative estimate of drug-likeness (QED) is 0.811. The molecule has 1 aromatic rings. The van der Waals surface area contributed by atoms with Crippen LogP contribution in [-0.4, -0.2) is 20.5 Å². The molecule has 7 heteroatoms. The molecule has 0 radical (unpaired) electrons. The molecule has 112 valence electrons. The molecule has 0 amide bonds. The molecule has 1 aromatic carbocycles. The average molecular weight is 358 g/mol. The Morgan fingerprint density at radius 3 is 2.35 bits per heavy atom. The van der Waals surface area contributed by atoms with Gasteiger partial charge in [-0.05, 0) is 25.0 Å². The second-order valence-electron chi connectivity index (χ2n) is 4.43. The Kier molecular flexibility index (Phi) is 5.90. The fraction of sp³-hybridized carbons (Fsp3) is 0.462. The molecule has 0 fully saturated rings. The van der Waals surface area contributed by atoms with E-state index >= 15 is 0 Å². The first kappa shape index (κ1) is 17.8. The van der Waals surface area contributed by atoms with Crippen LogP contribution in [0.5, 0.6) is 0 Å². The minimum atomic E-state index is -1.75. The standard InChI is InChI=1S/C13H15Cl3O3S/c1-4-7(2)20(19)11-8(3)9(12(17)18)5-6-10(11)13(14,15)16/h5-7H,4H2,1-3H3,(H,17,18)/t7-,20+/m1/s1. The van der Waals surface area contributed by atoms with E-state index in [0.717, 1.165) is 0 Å². The normalized spacial score (nSPS) is 14.9. The van der Waals surface area contributed by atoms with Crippen molar-refractivity contribution in [2.45, 2.75) is 41.1 Å². The number of benzene rings is 1. The summed E-state index contributed by atoms with van der Waals surface area (Å²) in [6, 6.07) is 2.78. The number of carboxylic acid groups (broad SMARTS) is 1. The van der Waals surface area contributed by atoms with Crippen molar-refractivity contribution < 1.29 is 14.1 Å². The third-order valence-electron chi connectivity index (χ3n) is 3.08. The minimum absolute atomic E-state index is 0.0645. The third-order valence-corrected chi connectivity index (χ3v) is 5.69. The van der Waals surface area contributed by atoms with Crippen LogP contribution in [0.15, 0.2) is 17.0 Å². The van der Waals surface area contributed by atoms with Gasteiger partial charge in [-0.15, -0.1) is 0 Å². The fourth-order valence-corrected chi connectivity index (χ4v) is 3.95. The van der Waals surface area contributed by atoms with Crippen molar-refractivity contribution in [1.82, 2.24) is 0 Å². The first-order chi connectivity index (χ1) is 9.11. The molecular formula is C13H15Cl3O3S. The predicted molar refractivity (Wildman–Crippen MR) is 83.5 cm³/mol. The molecule has 1 N–H and O–H groups in total. The number of alkyl halides is 3. The van der Waals surface area contributed by atoms with Gasteiger partial charge in [-0.3, -0.25) is 4.21 Å². The van der Waals surface area contributed by atoms with Gasteiger partial charge in [-0.2, -0.15) is 0 Å². The molecule has 0 spiro atoms. The molecule has 0 heterocycles. The number of carboxylic acids is 1. The van der Waals surface area contributed by atoms with Crippen molar-refractivity contribution in [1.29, 1.82) is 0 Å². The summed E-state index contributed by atoms with van der Waals surface area (Å²) in [5.74, 6) is -1.10. The van der Waals surface area contributed by atoms with Crippen LogP contribution >= 0.6 is 34.8 Å². The van der Waals surface area contributed by atoms with E-state index in [-0.39, 0.29) is 16.4 Å².